The van der Waals surface area contributed by atoms with Crippen LogP contribution in [0.25, 0.3) is 11.1 Å². The summed E-state index contributed by atoms with van der Waals surface area (Å²) < 4.78 is 73.9. The summed E-state index contributed by atoms with van der Waals surface area (Å²) in [5.41, 5.74) is 4.40. The molecule has 1 unspecified atom stereocenters. The van der Waals surface area contributed by atoms with Gasteiger partial charge in [0.25, 0.3) is 5.91 Å². The minimum atomic E-state index is -5.08. The molecule has 0 saturated carbocycles. The molecule has 3 aromatic rings. The first-order valence-electron chi connectivity index (χ1n) is 10.5. The fourth-order valence-corrected chi connectivity index (χ4v) is 3.74. The van der Waals surface area contributed by atoms with Gasteiger partial charge in [-0.25, -0.2) is 9.79 Å². The quantitative estimate of drug-likeness (QED) is 0.471. The third-order valence-corrected chi connectivity index (χ3v) is 5.50. The predicted molar refractivity (Wildman–Crippen MR) is 122 cm³/mol. The van der Waals surface area contributed by atoms with Gasteiger partial charge in [0.15, 0.2) is 11.5 Å². The van der Waals surface area contributed by atoms with E-state index in [1.807, 2.05) is 6.07 Å². The zero-order chi connectivity index (χ0) is 27.6. The summed E-state index contributed by atoms with van der Waals surface area (Å²) in [6.07, 6.45) is -9.77. The number of halogens is 6. The summed E-state index contributed by atoms with van der Waals surface area (Å²) in [4.78, 5) is 27.6. The lowest BCUT2D eigenvalue weighted by atomic mass is 9.79. The summed E-state index contributed by atoms with van der Waals surface area (Å²) in [6, 6.07) is 21.0. The monoisotopic (exact) mass is 523 g/mol. The van der Waals surface area contributed by atoms with Crippen molar-refractivity contribution in [2.45, 2.75) is 17.9 Å². The molecule has 0 aliphatic carbocycles. The Morgan fingerprint density at radius 2 is 1.41 bits per heavy atom. The summed E-state index contributed by atoms with van der Waals surface area (Å²) in [6.45, 7) is 0. The van der Waals surface area contributed by atoms with Gasteiger partial charge in [-0.2, -0.15) is 26.3 Å². The van der Waals surface area contributed by atoms with Gasteiger partial charge in [0, 0.05) is 12.6 Å². The number of likely N-dealkylation sites (N-methyl/N-ethyl adjacent to an activating group) is 1. The van der Waals surface area contributed by atoms with Gasteiger partial charge in [-0.15, -0.1) is 0 Å². The zero-order valence-corrected chi connectivity index (χ0v) is 19.0. The Morgan fingerprint density at radius 1 is 0.892 bits per heavy atom. The topological polar surface area (TPSA) is 96.0 Å². The van der Waals surface area contributed by atoms with Gasteiger partial charge in [-0.05, 0) is 28.8 Å². The van der Waals surface area contributed by atoms with E-state index in [0.29, 0.717) is 11.1 Å². The Balaban J connectivity index is 0.000000479. The Kier molecular flexibility index (Phi) is 7.33. The minimum Gasteiger partial charge on any atom is -0.475 e. The molecular weight excluding hydrogens is 504 g/mol. The number of aliphatic imine (C=N–C) groups is 1. The van der Waals surface area contributed by atoms with E-state index in [2.05, 4.69) is 4.99 Å². The lowest BCUT2D eigenvalue weighted by Crippen LogP contribution is -2.42. The van der Waals surface area contributed by atoms with E-state index >= 15 is 0 Å². The van der Waals surface area contributed by atoms with Crippen molar-refractivity contribution in [3.63, 3.8) is 0 Å². The number of aliphatic carboxylic acids is 1. The molecule has 1 aliphatic rings. The maximum atomic E-state index is 14.0. The van der Waals surface area contributed by atoms with Crippen LogP contribution >= 0.6 is 0 Å². The molecule has 1 amide bonds. The van der Waals surface area contributed by atoms with Gasteiger partial charge in [-0.3, -0.25) is 9.69 Å². The number of amides is 1. The van der Waals surface area contributed by atoms with Crippen LogP contribution in [0.3, 0.4) is 0 Å². The van der Waals surface area contributed by atoms with E-state index in [0.717, 1.165) is 16.5 Å². The molecule has 0 spiro atoms. The molecule has 0 bridgehead atoms. The summed E-state index contributed by atoms with van der Waals surface area (Å²) in [5.74, 6) is -3.53. The number of carboxylic acids is 1. The minimum absolute atomic E-state index is 0.137. The molecule has 194 valence electrons. The van der Waals surface area contributed by atoms with E-state index in [-0.39, 0.29) is 11.5 Å². The molecule has 3 aromatic carbocycles. The normalized spacial score (nSPS) is 17.6. The fraction of sp³-hybridized carbons (Fsp3) is 0.160. The number of guanidine groups is 1. The van der Waals surface area contributed by atoms with Gasteiger partial charge >= 0.3 is 18.3 Å². The maximum absolute atomic E-state index is 14.0. The van der Waals surface area contributed by atoms with E-state index < -0.39 is 35.3 Å². The number of rotatable bonds is 3. The van der Waals surface area contributed by atoms with Crippen molar-refractivity contribution in [1.29, 1.82) is 0 Å². The fourth-order valence-electron chi connectivity index (χ4n) is 3.74. The van der Waals surface area contributed by atoms with Crippen LogP contribution in [0.2, 0.25) is 0 Å². The highest BCUT2D eigenvalue weighted by atomic mass is 19.4. The molecule has 0 fully saturated rings. The molecule has 1 aliphatic heterocycles. The molecule has 6 nitrogen and oxygen atoms in total. The maximum Gasteiger partial charge on any atom is 0.490 e. The lowest BCUT2D eigenvalue weighted by Gasteiger charge is -2.29. The highest BCUT2D eigenvalue weighted by Gasteiger charge is 2.53. The summed E-state index contributed by atoms with van der Waals surface area (Å²) in [5, 5.41) is 7.12. The molecule has 4 rings (SSSR count). The number of benzene rings is 3. The van der Waals surface area contributed by atoms with Crippen LogP contribution in [-0.2, 0) is 21.3 Å². The molecule has 0 aromatic heterocycles. The number of hydrogen-bond donors (Lipinski definition) is 2. The average molecular weight is 523 g/mol. The molecule has 12 heteroatoms. The average Bonchev–Trinajstić information content (AvgIpc) is 3.08. The van der Waals surface area contributed by atoms with Crippen LogP contribution in [0.1, 0.15) is 16.7 Å². The first-order valence-corrected chi connectivity index (χ1v) is 10.5. The second-order valence-corrected chi connectivity index (χ2v) is 7.84. The number of carboxylic acid groups (broad SMARTS) is 1. The van der Waals surface area contributed by atoms with Gasteiger partial charge in [0.05, 0.1) is 5.56 Å². The van der Waals surface area contributed by atoms with E-state index in [1.165, 1.54) is 19.2 Å². The number of carbonyl (C=O) groups excluding carboxylic acids is 1. The van der Waals surface area contributed by atoms with Gasteiger partial charge in [0.2, 0.25) is 0 Å². The smallest absolute Gasteiger partial charge is 0.475 e. The Hall–Kier alpha value is -4.35. The highest BCUT2D eigenvalue weighted by Crippen LogP contribution is 2.46. The molecule has 37 heavy (non-hydrogen) atoms. The van der Waals surface area contributed by atoms with Crippen molar-refractivity contribution in [2.24, 2.45) is 10.7 Å². The Morgan fingerprint density at radius 3 is 1.84 bits per heavy atom. The SMILES string of the molecule is CN1C(=O)C(c2ccccc2)(c2cc(-c3ccccc3)ccc2C(F)(F)F)N=C1N.O=C(O)C(F)(F)F. The highest BCUT2D eigenvalue weighted by molar-refractivity contribution is 6.09. The zero-order valence-electron chi connectivity index (χ0n) is 19.0. The molecule has 0 saturated heterocycles. The van der Waals surface area contributed by atoms with E-state index in [9.17, 15) is 31.1 Å². The van der Waals surface area contributed by atoms with Crippen LogP contribution in [-0.4, -0.2) is 41.1 Å². The van der Waals surface area contributed by atoms with E-state index in [1.54, 1.807) is 54.6 Å². The number of alkyl halides is 6. The second-order valence-electron chi connectivity index (χ2n) is 7.84. The van der Waals surface area contributed by atoms with Crippen molar-refractivity contribution in [3.8, 4) is 11.1 Å². The van der Waals surface area contributed by atoms with Crippen LogP contribution < -0.4 is 5.73 Å². The van der Waals surface area contributed by atoms with Gasteiger partial charge in [-0.1, -0.05) is 66.7 Å². The van der Waals surface area contributed by atoms with Crippen LogP contribution in [0, 0.1) is 0 Å². The van der Waals surface area contributed by atoms with Crippen molar-refractivity contribution in [3.05, 3.63) is 95.6 Å². The molecule has 1 heterocycles. The van der Waals surface area contributed by atoms with Crippen LogP contribution in [0.15, 0.2) is 83.9 Å². The lowest BCUT2D eigenvalue weighted by molar-refractivity contribution is -0.192. The second kappa shape index (κ2) is 9.96. The van der Waals surface area contributed by atoms with Crippen molar-refractivity contribution >= 4 is 17.8 Å². The number of carbonyl (C=O) groups is 2. The Bertz CT molecular complexity index is 1320. The molecular formula is C25H19F6N3O3. The van der Waals surface area contributed by atoms with Gasteiger partial charge in [0.1, 0.15) is 0 Å². The molecule has 0 radical (unpaired) electrons. The van der Waals surface area contributed by atoms with Gasteiger partial charge < -0.3 is 10.8 Å². The predicted octanol–water partition coefficient (Wildman–Crippen LogP) is 5.04. The number of nitrogens with two attached hydrogens (primary N) is 1. The largest absolute Gasteiger partial charge is 0.490 e. The third kappa shape index (κ3) is 5.42. The van der Waals surface area contributed by atoms with Crippen molar-refractivity contribution in [2.75, 3.05) is 7.05 Å². The summed E-state index contributed by atoms with van der Waals surface area (Å²) in [7, 11) is 1.40. The van der Waals surface area contributed by atoms with E-state index in [4.69, 9.17) is 15.6 Å². The summed E-state index contributed by atoms with van der Waals surface area (Å²) >= 11 is 0. The first-order chi connectivity index (χ1) is 17.2. The molecule has 1 atom stereocenters. The van der Waals surface area contributed by atoms with Crippen LogP contribution in [0.4, 0.5) is 26.3 Å². The van der Waals surface area contributed by atoms with Crippen LogP contribution in [0.5, 0.6) is 0 Å². The first kappa shape index (κ1) is 27.2. The Labute approximate surface area is 206 Å². The third-order valence-electron chi connectivity index (χ3n) is 5.50. The molecule has 3 N–H and O–H groups in total. The number of nitrogens with zero attached hydrogens (tertiary/aromatic N) is 2. The standard InChI is InChI=1S/C23H18F3N3O.C2HF3O2/c1-29-20(30)22(28-21(29)27,17-10-6-3-7-11-17)19-14-16(15-8-4-2-5-9-15)12-13-18(19)23(24,25)26;3-2(4,5)1(6)7/h2-14H,1H3,(H2,27,28);(H,6,7). The van der Waals surface area contributed by atoms with Crippen molar-refractivity contribution < 1.29 is 41.0 Å². The van der Waals surface area contributed by atoms with Crippen molar-refractivity contribution in [1.82, 2.24) is 4.90 Å². The number of hydrogen-bond acceptors (Lipinski definition) is 4.